The van der Waals surface area contributed by atoms with Gasteiger partial charge in [-0.15, -0.1) is 24.0 Å². The highest BCUT2D eigenvalue weighted by Gasteiger charge is 2.16. The monoisotopic (exact) mass is 508 g/mol. The molecule has 1 aromatic rings. The van der Waals surface area contributed by atoms with Gasteiger partial charge in [-0.25, -0.2) is 0 Å². The molecule has 28 heavy (non-hydrogen) atoms. The summed E-state index contributed by atoms with van der Waals surface area (Å²) in [6.45, 7) is 7.77. The Bertz CT molecular complexity index is 520. The zero-order chi connectivity index (χ0) is 19.3. The Morgan fingerprint density at radius 2 is 2.11 bits per heavy atom. The maximum Gasteiger partial charge on any atom is 0.191 e. The number of hydrogen-bond acceptors (Lipinski definition) is 5. The van der Waals surface area contributed by atoms with Crippen LogP contribution in [-0.4, -0.2) is 71.0 Å². The molecule has 7 nitrogen and oxygen atoms in total. The third-order valence-electron chi connectivity index (χ3n) is 4.71. The molecule has 0 aromatic carbocycles. The van der Waals surface area contributed by atoms with Gasteiger partial charge in [-0.05, 0) is 58.3 Å². The minimum atomic E-state index is 0. The van der Waals surface area contributed by atoms with Gasteiger partial charge in [0.2, 0.25) is 0 Å². The van der Waals surface area contributed by atoms with Crippen LogP contribution < -0.4 is 10.6 Å². The van der Waals surface area contributed by atoms with Crippen LogP contribution in [0, 0.1) is 5.92 Å². The first-order valence-electron chi connectivity index (χ1n) is 10.1. The first-order chi connectivity index (χ1) is 13.2. The highest BCUT2D eigenvalue weighted by Crippen LogP contribution is 2.18. The predicted molar refractivity (Wildman–Crippen MR) is 124 cm³/mol. The molecule has 8 heteroatoms. The Balaban J connectivity index is 0.00000392. The van der Waals surface area contributed by atoms with Gasteiger partial charge in [0.15, 0.2) is 5.96 Å². The quantitative estimate of drug-likeness (QED) is 0.207. The topological polar surface area (TPSA) is 71.3 Å². The lowest BCUT2D eigenvalue weighted by molar-refractivity contribution is 0.0203. The van der Waals surface area contributed by atoms with E-state index >= 15 is 0 Å². The van der Waals surface area contributed by atoms with Crippen LogP contribution in [0.2, 0.25) is 0 Å². The van der Waals surface area contributed by atoms with Crippen molar-refractivity contribution < 1.29 is 13.9 Å². The maximum absolute atomic E-state index is 5.82. The van der Waals surface area contributed by atoms with Gasteiger partial charge in [0.05, 0.1) is 18.8 Å². The van der Waals surface area contributed by atoms with Crippen LogP contribution in [0.3, 0.4) is 0 Å². The van der Waals surface area contributed by atoms with Crippen molar-refractivity contribution in [2.45, 2.75) is 32.2 Å². The molecule has 1 saturated heterocycles. The highest BCUT2D eigenvalue weighted by molar-refractivity contribution is 14.0. The molecular formula is C20H37IN4O3. The first kappa shape index (κ1) is 25.2. The van der Waals surface area contributed by atoms with E-state index in [-0.39, 0.29) is 30.0 Å². The van der Waals surface area contributed by atoms with Gasteiger partial charge >= 0.3 is 0 Å². The van der Waals surface area contributed by atoms with Gasteiger partial charge in [-0.1, -0.05) is 0 Å². The van der Waals surface area contributed by atoms with Gasteiger partial charge in [0.25, 0.3) is 0 Å². The molecular weight excluding hydrogens is 471 g/mol. The molecule has 1 aliphatic heterocycles. The van der Waals surface area contributed by atoms with Crippen molar-refractivity contribution >= 4 is 29.9 Å². The minimum Gasteiger partial charge on any atom is -0.468 e. The van der Waals surface area contributed by atoms with Crippen molar-refractivity contribution in [1.82, 2.24) is 15.5 Å². The Morgan fingerprint density at radius 1 is 1.32 bits per heavy atom. The van der Waals surface area contributed by atoms with E-state index in [0.717, 1.165) is 70.5 Å². The molecule has 0 saturated carbocycles. The summed E-state index contributed by atoms with van der Waals surface area (Å²) in [5.41, 5.74) is 0. The first-order valence-corrected chi connectivity index (χ1v) is 10.1. The van der Waals surface area contributed by atoms with Gasteiger partial charge < -0.3 is 24.5 Å². The second kappa shape index (κ2) is 15.1. The molecule has 1 fully saturated rings. The van der Waals surface area contributed by atoms with E-state index in [0.29, 0.717) is 12.5 Å². The van der Waals surface area contributed by atoms with Gasteiger partial charge in [-0.2, -0.15) is 0 Å². The molecule has 1 atom stereocenters. The summed E-state index contributed by atoms with van der Waals surface area (Å²) >= 11 is 0. The molecule has 2 heterocycles. The predicted octanol–water partition coefficient (Wildman–Crippen LogP) is 2.89. The van der Waals surface area contributed by atoms with Gasteiger partial charge in [0, 0.05) is 39.5 Å². The summed E-state index contributed by atoms with van der Waals surface area (Å²) in [5, 5.41) is 6.69. The van der Waals surface area contributed by atoms with Crippen molar-refractivity contribution in [3.05, 3.63) is 24.2 Å². The zero-order valence-electron chi connectivity index (χ0n) is 17.5. The molecule has 0 bridgehead atoms. The molecule has 0 radical (unpaired) electrons. The van der Waals surface area contributed by atoms with Crippen molar-refractivity contribution in [1.29, 1.82) is 0 Å². The Morgan fingerprint density at radius 3 is 2.75 bits per heavy atom. The summed E-state index contributed by atoms with van der Waals surface area (Å²) in [7, 11) is 4.08. The van der Waals surface area contributed by atoms with E-state index in [9.17, 15) is 0 Å². The molecule has 0 spiro atoms. The van der Waals surface area contributed by atoms with Crippen molar-refractivity contribution in [3.8, 4) is 0 Å². The molecule has 1 unspecified atom stereocenters. The van der Waals surface area contributed by atoms with Crippen molar-refractivity contribution in [2.24, 2.45) is 10.9 Å². The number of furan rings is 1. The SMILES string of the molecule is CCNC(=NCC(c1ccco1)N(C)C)NCCCOCC1CCOCC1.I. The maximum atomic E-state index is 5.82. The van der Waals surface area contributed by atoms with E-state index in [2.05, 4.69) is 22.5 Å². The number of rotatable bonds is 11. The molecule has 1 aliphatic rings. The third kappa shape index (κ3) is 9.58. The summed E-state index contributed by atoms with van der Waals surface area (Å²) in [5.74, 6) is 2.43. The summed E-state index contributed by atoms with van der Waals surface area (Å²) in [6, 6.07) is 4.04. The molecule has 162 valence electrons. The zero-order valence-corrected chi connectivity index (χ0v) is 19.8. The average molecular weight is 508 g/mol. The molecule has 1 aromatic heterocycles. The van der Waals surface area contributed by atoms with E-state index in [1.807, 2.05) is 26.2 Å². The van der Waals surface area contributed by atoms with Crippen molar-refractivity contribution in [3.63, 3.8) is 0 Å². The Kier molecular flexibility index (Phi) is 13.6. The lowest BCUT2D eigenvalue weighted by atomic mass is 10.0. The number of nitrogens with one attached hydrogen (secondary N) is 2. The third-order valence-corrected chi connectivity index (χ3v) is 4.71. The summed E-state index contributed by atoms with van der Waals surface area (Å²) in [4.78, 5) is 6.84. The number of ether oxygens (including phenoxy) is 2. The summed E-state index contributed by atoms with van der Waals surface area (Å²) in [6.07, 6.45) is 4.92. The fourth-order valence-corrected chi connectivity index (χ4v) is 3.05. The van der Waals surface area contributed by atoms with Gasteiger partial charge in [0.1, 0.15) is 5.76 Å². The molecule has 2 rings (SSSR count). The van der Waals surface area contributed by atoms with E-state index < -0.39 is 0 Å². The summed E-state index contributed by atoms with van der Waals surface area (Å²) < 4.78 is 16.7. The minimum absolute atomic E-state index is 0. The van der Waals surface area contributed by atoms with Crippen LogP contribution in [0.25, 0.3) is 0 Å². The Hall–Kier alpha value is -0.840. The van der Waals surface area contributed by atoms with Crippen LogP contribution in [0.1, 0.15) is 38.0 Å². The number of aliphatic imine (C=N–C) groups is 1. The lowest BCUT2D eigenvalue weighted by Gasteiger charge is -2.22. The number of guanidine groups is 1. The lowest BCUT2D eigenvalue weighted by Crippen LogP contribution is -2.38. The normalized spacial score (nSPS) is 16.6. The standard InChI is InChI=1S/C20H36N4O3.HI/c1-4-21-20(23-15-18(24(2)3)19-7-5-12-27-19)22-10-6-11-26-16-17-8-13-25-14-9-17;/h5,7,12,17-18H,4,6,8-11,13-16H2,1-3H3,(H2,21,22,23);1H. The highest BCUT2D eigenvalue weighted by atomic mass is 127. The van der Waals surface area contributed by atoms with E-state index in [4.69, 9.17) is 18.9 Å². The van der Waals surface area contributed by atoms with Crippen molar-refractivity contribution in [2.75, 3.05) is 60.2 Å². The van der Waals surface area contributed by atoms with Crippen LogP contribution in [0.4, 0.5) is 0 Å². The average Bonchev–Trinajstić information content (AvgIpc) is 3.19. The number of nitrogens with zero attached hydrogens (tertiary/aromatic N) is 2. The molecule has 0 aliphatic carbocycles. The number of likely N-dealkylation sites (N-methyl/N-ethyl adjacent to an activating group) is 1. The molecule has 0 amide bonds. The largest absolute Gasteiger partial charge is 0.468 e. The molecule has 2 N–H and O–H groups in total. The smallest absolute Gasteiger partial charge is 0.191 e. The number of halogens is 1. The van der Waals surface area contributed by atoms with Crippen LogP contribution >= 0.6 is 24.0 Å². The van der Waals surface area contributed by atoms with E-state index in [1.54, 1.807) is 6.26 Å². The van der Waals surface area contributed by atoms with Gasteiger partial charge in [-0.3, -0.25) is 9.89 Å². The van der Waals surface area contributed by atoms with Crippen LogP contribution in [-0.2, 0) is 9.47 Å². The Labute approximate surface area is 186 Å². The van der Waals surface area contributed by atoms with Crippen LogP contribution in [0.15, 0.2) is 27.8 Å². The number of hydrogen-bond donors (Lipinski definition) is 2. The van der Waals surface area contributed by atoms with Crippen LogP contribution in [0.5, 0.6) is 0 Å². The fourth-order valence-electron chi connectivity index (χ4n) is 3.05. The fraction of sp³-hybridized carbons (Fsp3) is 0.750. The second-order valence-corrected chi connectivity index (χ2v) is 7.13. The second-order valence-electron chi connectivity index (χ2n) is 7.13. The van der Waals surface area contributed by atoms with E-state index in [1.165, 1.54) is 0 Å².